The lowest BCUT2D eigenvalue weighted by Gasteiger charge is -2.16. The van der Waals surface area contributed by atoms with Gasteiger partial charge in [0.2, 0.25) is 0 Å². The van der Waals surface area contributed by atoms with Crippen molar-refractivity contribution in [1.82, 2.24) is 5.32 Å². The van der Waals surface area contributed by atoms with Crippen LogP contribution in [0.3, 0.4) is 0 Å². The van der Waals surface area contributed by atoms with Crippen LogP contribution in [0, 0.1) is 6.92 Å². The number of amides is 1. The van der Waals surface area contributed by atoms with Gasteiger partial charge in [-0.25, -0.2) is 0 Å². The molecule has 0 heterocycles. The number of carboxylic acid groups (broad SMARTS) is 1. The monoisotopic (exact) mass is 279 g/mol. The van der Waals surface area contributed by atoms with Gasteiger partial charge in [-0.2, -0.15) is 0 Å². The van der Waals surface area contributed by atoms with E-state index in [-0.39, 0.29) is 25.0 Å². The van der Waals surface area contributed by atoms with Crippen LogP contribution < -0.4 is 10.1 Å². The zero-order valence-electron chi connectivity index (χ0n) is 11.9. The molecule has 1 unspecified atom stereocenters. The number of carboxylic acids is 1. The fourth-order valence-corrected chi connectivity index (χ4v) is 1.92. The third-order valence-electron chi connectivity index (χ3n) is 2.88. The zero-order valence-corrected chi connectivity index (χ0v) is 11.9. The Morgan fingerprint density at radius 1 is 1.35 bits per heavy atom. The van der Waals surface area contributed by atoms with Crippen molar-refractivity contribution in [3.8, 4) is 5.75 Å². The van der Waals surface area contributed by atoms with Crippen molar-refractivity contribution in [3.05, 3.63) is 29.8 Å². The molecule has 1 aromatic carbocycles. The van der Waals surface area contributed by atoms with Crippen LogP contribution in [-0.4, -0.2) is 29.6 Å². The fourth-order valence-electron chi connectivity index (χ4n) is 1.92. The number of carbonyl (C=O) groups is 2. The van der Waals surface area contributed by atoms with Gasteiger partial charge < -0.3 is 15.2 Å². The second kappa shape index (κ2) is 8.19. The first-order valence-electron chi connectivity index (χ1n) is 6.72. The summed E-state index contributed by atoms with van der Waals surface area (Å²) in [4.78, 5) is 22.5. The van der Waals surface area contributed by atoms with Gasteiger partial charge in [0.05, 0.1) is 6.42 Å². The summed E-state index contributed by atoms with van der Waals surface area (Å²) in [6, 6.07) is 7.09. The molecular weight excluding hydrogens is 258 g/mol. The largest absolute Gasteiger partial charge is 0.484 e. The molecule has 5 heteroatoms. The summed E-state index contributed by atoms with van der Waals surface area (Å²) in [7, 11) is 0. The highest BCUT2D eigenvalue weighted by Gasteiger charge is 2.15. The van der Waals surface area contributed by atoms with Gasteiger partial charge in [0.25, 0.3) is 5.91 Å². The molecule has 0 fully saturated rings. The second-order valence-corrected chi connectivity index (χ2v) is 4.71. The molecule has 0 aliphatic heterocycles. The van der Waals surface area contributed by atoms with E-state index < -0.39 is 5.97 Å². The highest BCUT2D eigenvalue weighted by atomic mass is 16.5. The lowest BCUT2D eigenvalue weighted by atomic mass is 10.1. The summed E-state index contributed by atoms with van der Waals surface area (Å²) in [5, 5.41) is 11.5. The van der Waals surface area contributed by atoms with E-state index >= 15 is 0 Å². The van der Waals surface area contributed by atoms with Crippen LogP contribution in [0.25, 0.3) is 0 Å². The number of para-hydroxylation sites is 1. The molecule has 1 amide bonds. The van der Waals surface area contributed by atoms with Gasteiger partial charge >= 0.3 is 5.97 Å². The highest BCUT2D eigenvalue weighted by molar-refractivity contribution is 5.78. The van der Waals surface area contributed by atoms with Crippen LogP contribution in [0.1, 0.15) is 31.7 Å². The molecule has 5 nitrogen and oxygen atoms in total. The molecule has 0 aromatic heterocycles. The zero-order chi connectivity index (χ0) is 15.0. The Kier molecular flexibility index (Phi) is 6.56. The number of aryl methyl sites for hydroxylation is 1. The van der Waals surface area contributed by atoms with E-state index in [0.717, 1.165) is 12.0 Å². The van der Waals surface area contributed by atoms with E-state index in [1.54, 1.807) is 6.07 Å². The number of hydrogen-bond donors (Lipinski definition) is 2. The van der Waals surface area contributed by atoms with Crippen LogP contribution >= 0.6 is 0 Å². The van der Waals surface area contributed by atoms with E-state index in [1.807, 2.05) is 32.0 Å². The maximum absolute atomic E-state index is 11.8. The first-order chi connectivity index (χ1) is 9.52. The van der Waals surface area contributed by atoms with Gasteiger partial charge in [-0.05, 0) is 25.0 Å². The SMILES string of the molecule is CCCC(CC(=O)O)NC(=O)COc1ccccc1C. The molecule has 20 heavy (non-hydrogen) atoms. The quantitative estimate of drug-likeness (QED) is 0.764. The van der Waals surface area contributed by atoms with Crippen LogP contribution in [0.15, 0.2) is 24.3 Å². The maximum atomic E-state index is 11.8. The Bertz CT molecular complexity index is 459. The van der Waals surface area contributed by atoms with Gasteiger partial charge in [-0.15, -0.1) is 0 Å². The maximum Gasteiger partial charge on any atom is 0.305 e. The minimum atomic E-state index is -0.913. The van der Waals surface area contributed by atoms with Gasteiger partial charge in [0, 0.05) is 6.04 Å². The van der Waals surface area contributed by atoms with Crippen molar-refractivity contribution < 1.29 is 19.4 Å². The topological polar surface area (TPSA) is 75.6 Å². The molecule has 110 valence electrons. The molecule has 1 aromatic rings. The molecule has 0 radical (unpaired) electrons. The number of ether oxygens (including phenoxy) is 1. The minimum Gasteiger partial charge on any atom is -0.484 e. The Morgan fingerprint density at radius 3 is 2.65 bits per heavy atom. The van der Waals surface area contributed by atoms with Crippen molar-refractivity contribution >= 4 is 11.9 Å². The molecule has 0 aliphatic rings. The molecular formula is C15H21NO4. The number of benzene rings is 1. The summed E-state index contributed by atoms with van der Waals surface area (Å²) in [6.45, 7) is 3.74. The van der Waals surface area contributed by atoms with Crippen LogP contribution in [0.4, 0.5) is 0 Å². The summed E-state index contributed by atoms with van der Waals surface area (Å²) < 4.78 is 5.42. The predicted octanol–water partition coefficient (Wildman–Crippen LogP) is 2.13. The molecule has 0 saturated heterocycles. The summed E-state index contributed by atoms with van der Waals surface area (Å²) >= 11 is 0. The number of aliphatic carboxylic acids is 1. The molecule has 1 atom stereocenters. The van der Waals surface area contributed by atoms with E-state index in [9.17, 15) is 9.59 Å². The average Bonchev–Trinajstić information content (AvgIpc) is 2.37. The van der Waals surface area contributed by atoms with E-state index in [0.29, 0.717) is 12.2 Å². The van der Waals surface area contributed by atoms with Gasteiger partial charge in [-0.1, -0.05) is 31.5 Å². The summed E-state index contributed by atoms with van der Waals surface area (Å²) in [5.74, 6) is -0.551. The summed E-state index contributed by atoms with van der Waals surface area (Å²) in [6.07, 6.45) is 1.39. The van der Waals surface area contributed by atoms with Crippen molar-refractivity contribution in [2.24, 2.45) is 0 Å². The van der Waals surface area contributed by atoms with Crippen molar-refractivity contribution in [1.29, 1.82) is 0 Å². The lowest BCUT2D eigenvalue weighted by molar-refractivity contribution is -0.137. The van der Waals surface area contributed by atoms with Crippen LogP contribution in [0.5, 0.6) is 5.75 Å². The predicted molar refractivity (Wildman–Crippen MR) is 75.8 cm³/mol. The van der Waals surface area contributed by atoms with Crippen molar-refractivity contribution in [3.63, 3.8) is 0 Å². The van der Waals surface area contributed by atoms with E-state index in [4.69, 9.17) is 9.84 Å². The lowest BCUT2D eigenvalue weighted by Crippen LogP contribution is -2.39. The smallest absolute Gasteiger partial charge is 0.305 e. The Labute approximate surface area is 118 Å². The molecule has 2 N–H and O–H groups in total. The molecule has 0 saturated carbocycles. The third kappa shape index (κ3) is 5.73. The number of hydrogen-bond acceptors (Lipinski definition) is 3. The van der Waals surface area contributed by atoms with Gasteiger partial charge in [0.15, 0.2) is 6.61 Å². The van der Waals surface area contributed by atoms with Crippen LogP contribution in [-0.2, 0) is 9.59 Å². The van der Waals surface area contributed by atoms with Crippen molar-refractivity contribution in [2.75, 3.05) is 6.61 Å². The number of nitrogens with one attached hydrogen (secondary N) is 1. The molecule has 0 aliphatic carbocycles. The Morgan fingerprint density at radius 2 is 2.05 bits per heavy atom. The van der Waals surface area contributed by atoms with E-state index in [2.05, 4.69) is 5.32 Å². The molecule has 0 bridgehead atoms. The van der Waals surface area contributed by atoms with Gasteiger partial charge in [0.1, 0.15) is 5.75 Å². The van der Waals surface area contributed by atoms with Crippen LogP contribution in [0.2, 0.25) is 0 Å². The summed E-state index contributed by atoms with van der Waals surface area (Å²) in [5.41, 5.74) is 0.955. The standard InChI is InChI=1S/C15H21NO4/c1-3-6-12(9-15(18)19)16-14(17)10-20-13-8-5-4-7-11(13)2/h4-5,7-8,12H,3,6,9-10H2,1-2H3,(H,16,17)(H,18,19). The van der Waals surface area contributed by atoms with E-state index in [1.165, 1.54) is 0 Å². The Hall–Kier alpha value is -2.04. The highest BCUT2D eigenvalue weighted by Crippen LogP contribution is 2.15. The third-order valence-corrected chi connectivity index (χ3v) is 2.88. The first-order valence-corrected chi connectivity index (χ1v) is 6.72. The first kappa shape index (κ1) is 16.0. The number of rotatable bonds is 8. The van der Waals surface area contributed by atoms with Crippen molar-refractivity contribution in [2.45, 2.75) is 39.2 Å². The molecule has 0 spiro atoms. The fraction of sp³-hybridized carbons (Fsp3) is 0.467. The molecule has 1 rings (SSSR count). The normalized spacial score (nSPS) is 11.7. The Balaban J connectivity index is 2.45. The second-order valence-electron chi connectivity index (χ2n) is 4.71. The van der Waals surface area contributed by atoms with Gasteiger partial charge in [-0.3, -0.25) is 9.59 Å². The minimum absolute atomic E-state index is 0.0655. The average molecular weight is 279 g/mol. The number of carbonyl (C=O) groups excluding carboxylic acids is 1.